The first-order valence-corrected chi connectivity index (χ1v) is 10.4. The minimum absolute atomic E-state index is 0.276. The molecule has 0 radical (unpaired) electrons. The number of nitrogens with one attached hydrogen (secondary N) is 2. The SMILES string of the molecule is O=C(CCCCCCNCCC(Oc1ccc(C(F)(F)F)cc1)c1ccccc1)NO. The Balaban J connectivity index is 1.78. The fourth-order valence-corrected chi connectivity index (χ4v) is 3.15. The van der Waals surface area contributed by atoms with Gasteiger partial charge in [-0.15, -0.1) is 0 Å². The van der Waals surface area contributed by atoms with Crippen LogP contribution in [0.15, 0.2) is 54.6 Å². The maximum Gasteiger partial charge on any atom is 0.416 e. The average molecular weight is 438 g/mol. The van der Waals surface area contributed by atoms with Gasteiger partial charge in [0.25, 0.3) is 0 Å². The topological polar surface area (TPSA) is 70.6 Å². The van der Waals surface area contributed by atoms with Crippen molar-refractivity contribution in [2.24, 2.45) is 0 Å². The molecule has 0 saturated heterocycles. The molecule has 0 aromatic heterocycles. The molecule has 0 aliphatic rings. The summed E-state index contributed by atoms with van der Waals surface area (Å²) in [5.74, 6) is 0.0342. The Labute approximate surface area is 180 Å². The first-order chi connectivity index (χ1) is 14.9. The number of hydroxylamine groups is 1. The first-order valence-electron chi connectivity index (χ1n) is 10.4. The van der Waals surface area contributed by atoms with Crippen molar-refractivity contribution in [1.29, 1.82) is 0 Å². The van der Waals surface area contributed by atoms with Crippen LogP contribution in [0.2, 0.25) is 0 Å². The molecule has 8 heteroatoms. The Hall–Kier alpha value is -2.58. The van der Waals surface area contributed by atoms with E-state index in [1.165, 1.54) is 12.1 Å². The molecule has 2 rings (SSSR count). The number of halogens is 3. The molecule has 0 aliphatic carbocycles. The molecule has 1 unspecified atom stereocenters. The lowest BCUT2D eigenvalue weighted by atomic mass is 10.1. The Morgan fingerprint density at radius 2 is 1.61 bits per heavy atom. The standard InChI is InChI=1S/C23H29F3N2O3/c24-23(25,26)19-11-13-20(14-12-19)31-21(18-8-4-3-5-9-18)15-17-27-16-7-2-1-6-10-22(29)28-30/h3-5,8-9,11-14,21,27,30H,1-2,6-7,10,15-17H2,(H,28,29). The molecule has 2 aromatic carbocycles. The summed E-state index contributed by atoms with van der Waals surface area (Å²) in [5.41, 5.74) is 1.89. The molecule has 31 heavy (non-hydrogen) atoms. The average Bonchev–Trinajstić information content (AvgIpc) is 2.77. The van der Waals surface area contributed by atoms with Crippen LogP contribution in [0.4, 0.5) is 13.2 Å². The van der Waals surface area contributed by atoms with Gasteiger partial charge in [-0.25, -0.2) is 5.48 Å². The summed E-state index contributed by atoms with van der Waals surface area (Å²) in [4.78, 5) is 10.9. The van der Waals surface area contributed by atoms with E-state index in [4.69, 9.17) is 9.94 Å². The zero-order valence-electron chi connectivity index (χ0n) is 17.3. The van der Waals surface area contributed by atoms with Crippen LogP contribution in [0.1, 0.15) is 55.8 Å². The molecule has 2 aromatic rings. The van der Waals surface area contributed by atoms with Crippen LogP contribution in [0.3, 0.4) is 0 Å². The summed E-state index contributed by atoms with van der Waals surface area (Å²) >= 11 is 0. The highest BCUT2D eigenvalue weighted by molar-refractivity contribution is 5.74. The van der Waals surface area contributed by atoms with Crippen LogP contribution >= 0.6 is 0 Å². The first kappa shape index (κ1) is 24.7. The summed E-state index contributed by atoms with van der Waals surface area (Å²) in [7, 11) is 0. The molecule has 0 spiro atoms. The van der Waals surface area contributed by atoms with Gasteiger partial charge in [0.1, 0.15) is 11.9 Å². The van der Waals surface area contributed by atoms with Gasteiger partial charge >= 0.3 is 6.18 Å². The van der Waals surface area contributed by atoms with Crippen molar-refractivity contribution < 1.29 is 27.9 Å². The second-order valence-electron chi connectivity index (χ2n) is 7.28. The van der Waals surface area contributed by atoms with Gasteiger partial charge in [-0.1, -0.05) is 43.2 Å². The summed E-state index contributed by atoms with van der Waals surface area (Å²) < 4.78 is 44.3. The quantitative estimate of drug-likeness (QED) is 0.227. The van der Waals surface area contributed by atoms with Gasteiger partial charge in [-0.3, -0.25) is 10.0 Å². The number of carbonyl (C=O) groups is 1. The van der Waals surface area contributed by atoms with Gasteiger partial charge in [-0.05, 0) is 55.8 Å². The Morgan fingerprint density at radius 3 is 2.26 bits per heavy atom. The van der Waals surface area contributed by atoms with E-state index in [9.17, 15) is 18.0 Å². The lowest BCUT2D eigenvalue weighted by molar-refractivity contribution is -0.137. The van der Waals surface area contributed by atoms with E-state index in [0.29, 0.717) is 25.1 Å². The van der Waals surface area contributed by atoms with Gasteiger partial charge in [0.05, 0.1) is 5.56 Å². The molecule has 5 nitrogen and oxygen atoms in total. The molecule has 0 aliphatic heterocycles. The van der Waals surface area contributed by atoms with Crippen LogP contribution < -0.4 is 15.5 Å². The number of amides is 1. The summed E-state index contributed by atoms with van der Waals surface area (Å²) in [6.07, 6.45) is -0.0465. The van der Waals surface area contributed by atoms with Gasteiger partial charge < -0.3 is 10.1 Å². The predicted molar refractivity (Wildman–Crippen MR) is 112 cm³/mol. The van der Waals surface area contributed by atoms with Crippen molar-refractivity contribution in [3.63, 3.8) is 0 Å². The highest BCUT2D eigenvalue weighted by Gasteiger charge is 2.30. The number of alkyl halides is 3. The lowest BCUT2D eigenvalue weighted by Gasteiger charge is -2.20. The third-order valence-electron chi connectivity index (χ3n) is 4.85. The number of benzene rings is 2. The Morgan fingerprint density at radius 1 is 0.935 bits per heavy atom. The monoisotopic (exact) mass is 438 g/mol. The number of rotatable bonds is 13. The third-order valence-corrected chi connectivity index (χ3v) is 4.85. The van der Waals surface area contributed by atoms with Gasteiger partial charge in [-0.2, -0.15) is 13.2 Å². The second-order valence-corrected chi connectivity index (χ2v) is 7.28. The van der Waals surface area contributed by atoms with Crippen LogP contribution in [-0.4, -0.2) is 24.2 Å². The van der Waals surface area contributed by atoms with Crippen molar-refractivity contribution in [2.45, 2.75) is 50.8 Å². The maximum absolute atomic E-state index is 12.8. The molecule has 0 heterocycles. The summed E-state index contributed by atoms with van der Waals surface area (Å²) in [5, 5.41) is 11.8. The summed E-state index contributed by atoms with van der Waals surface area (Å²) in [6, 6.07) is 14.4. The lowest BCUT2D eigenvalue weighted by Crippen LogP contribution is -2.21. The fraction of sp³-hybridized carbons (Fsp3) is 0.435. The van der Waals surface area contributed by atoms with E-state index in [1.807, 2.05) is 30.3 Å². The molecule has 0 fully saturated rings. The highest BCUT2D eigenvalue weighted by Crippen LogP contribution is 2.31. The van der Waals surface area contributed by atoms with Crippen molar-refractivity contribution in [2.75, 3.05) is 13.1 Å². The molecule has 1 atom stereocenters. The molecular weight excluding hydrogens is 409 g/mol. The number of ether oxygens (including phenoxy) is 1. The Kier molecular flexibility index (Phi) is 10.3. The van der Waals surface area contributed by atoms with Crippen LogP contribution in [0, 0.1) is 0 Å². The van der Waals surface area contributed by atoms with Gasteiger partial charge in [0.2, 0.25) is 5.91 Å². The highest BCUT2D eigenvalue weighted by atomic mass is 19.4. The van der Waals surface area contributed by atoms with Gasteiger partial charge in [0, 0.05) is 12.8 Å². The maximum atomic E-state index is 12.8. The Bertz CT molecular complexity index is 768. The number of unbranched alkanes of at least 4 members (excludes halogenated alkanes) is 3. The second kappa shape index (κ2) is 13.0. The normalized spacial score (nSPS) is 12.4. The van der Waals surface area contributed by atoms with Crippen LogP contribution in [0.5, 0.6) is 5.75 Å². The van der Waals surface area contributed by atoms with Crippen LogP contribution in [0.25, 0.3) is 0 Å². The fourth-order valence-electron chi connectivity index (χ4n) is 3.15. The minimum atomic E-state index is -4.37. The number of hydrogen-bond donors (Lipinski definition) is 3. The van der Waals surface area contributed by atoms with E-state index in [-0.39, 0.29) is 12.0 Å². The number of hydrogen-bond acceptors (Lipinski definition) is 4. The van der Waals surface area contributed by atoms with Crippen molar-refractivity contribution in [1.82, 2.24) is 10.8 Å². The van der Waals surface area contributed by atoms with Crippen LogP contribution in [-0.2, 0) is 11.0 Å². The number of carbonyl (C=O) groups excluding carboxylic acids is 1. The van der Waals surface area contributed by atoms with E-state index in [0.717, 1.165) is 49.9 Å². The van der Waals surface area contributed by atoms with Crippen molar-refractivity contribution in [3.05, 3.63) is 65.7 Å². The third kappa shape index (κ3) is 9.40. The van der Waals surface area contributed by atoms with E-state index < -0.39 is 11.7 Å². The smallest absolute Gasteiger partial charge is 0.416 e. The predicted octanol–water partition coefficient (Wildman–Crippen LogP) is 5.26. The van der Waals surface area contributed by atoms with E-state index in [2.05, 4.69) is 5.32 Å². The van der Waals surface area contributed by atoms with Crippen molar-refractivity contribution >= 4 is 5.91 Å². The molecule has 0 saturated carbocycles. The van der Waals surface area contributed by atoms with Crippen molar-refractivity contribution in [3.8, 4) is 5.75 Å². The molecule has 1 amide bonds. The minimum Gasteiger partial charge on any atom is -0.486 e. The van der Waals surface area contributed by atoms with E-state index in [1.54, 1.807) is 5.48 Å². The molecule has 170 valence electrons. The molecular formula is C23H29F3N2O3. The molecule has 0 bridgehead atoms. The van der Waals surface area contributed by atoms with Gasteiger partial charge in [0.15, 0.2) is 0 Å². The largest absolute Gasteiger partial charge is 0.486 e. The zero-order chi connectivity index (χ0) is 22.5. The van der Waals surface area contributed by atoms with E-state index >= 15 is 0 Å². The molecule has 3 N–H and O–H groups in total. The summed E-state index contributed by atoms with van der Waals surface area (Å²) in [6.45, 7) is 1.53. The zero-order valence-corrected chi connectivity index (χ0v) is 17.3.